The molecule has 1 fully saturated rings. The summed E-state index contributed by atoms with van der Waals surface area (Å²) in [5, 5.41) is 9.45. The van der Waals surface area contributed by atoms with Gasteiger partial charge < -0.3 is 19.5 Å². The highest BCUT2D eigenvalue weighted by atomic mass is 35.5. The molecule has 0 aliphatic carbocycles. The molecule has 1 saturated heterocycles. The van der Waals surface area contributed by atoms with Crippen molar-refractivity contribution in [3.8, 4) is 0 Å². The SMILES string of the molecule is CN(C)CCn1ccnc1[C@@H]1CCCN(c2ncc(C(=O)O)cc2Cl)C1. The molecular weight excluding hydrogens is 354 g/mol. The summed E-state index contributed by atoms with van der Waals surface area (Å²) in [5.41, 5.74) is 0.103. The number of aromatic carboxylic acids is 1. The van der Waals surface area contributed by atoms with Crippen molar-refractivity contribution in [3.05, 3.63) is 41.1 Å². The number of carbonyl (C=O) groups is 1. The summed E-state index contributed by atoms with van der Waals surface area (Å²) >= 11 is 6.30. The minimum atomic E-state index is -1.02. The van der Waals surface area contributed by atoms with Crippen molar-refractivity contribution in [1.29, 1.82) is 0 Å². The zero-order chi connectivity index (χ0) is 18.7. The van der Waals surface area contributed by atoms with Gasteiger partial charge in [0.25, 0.3) is 0 Å². The minimum absolute atomic E-state index is 0.103. The largest absolute Gasteiger partial charge is 0.478 e. The van der Waals surface area contributed by atoms with Crippen LogP contribution in [0, 0.1) is 0 Å². The second-order valence-corrected chi connectivity index (χ2v) is 7.31. The molecule has 1 atom stereocenters. The molecule has 0 aromatic carbocycles. The number of halogens is 1. The third-order valence-corrected chi connectivity index (χ3v) is 4.97. The summed E-state index contributed by atoms with van der Waals surface area (Å²) in [7, 11) is 4.13. The Labute approximate surface area is 158 Å². The number of aromatic nitrogens is 3. The van der Waals surface area contributed by atoms with Crippen LogP contribution >= 0.6 is 11.6 Å². The summed E-state index contributed by atoms with van der Waals surface area (Å²) in [6.45, 7) is 3.50. The molecule has 0 spiro atoms. The van der Waals surface area contributed by atoms with Crippen molar-refractivity contribution in [1.82, 2.24) is 19.4 Å². The zero-order valence-corrected chi connectivity index (χ0v) is 15.9. The Morgan fingerprint density at radius 2 is 2.23 bits per heavy atom. The van der Waals surface area contributed by atoms with Crippen molar-refractivity contribution < 1.29 is 9.90 Å². The zero-order valence-electron chi connectivity index (χ0n) is 15.1. The van der Waals surface area contributed by atoms with Crippen molar-refractivity contribution in [3.63, 3.8) is 0 Å². The van der Waals surface area contributed by atoms with Crippen LogP contribution in [0.15, 0.2) is 24.7 Å². The summed E-state index contributed by atoms with van der Waals surface area (Å²) in [6, 6.07) is 1.47. The van der Waals surface area contributed by atoms with E-state index in [1.807, 2.05) is 12.4 Å². The maximum absolute atomic E-state index is 11.1. The molecule has 26 heavy (non-hydrogen) atoms. The van der Waals surface area contributed by atoms with Gasteiger partial charge in [-0.2, -0.15) is 0 Å². The molecule has 0 saturated carbocycles. The summed E-state index contributed by atoms with van der Waals surface area (Å²) in [6.07, 6.45) is 7.34. The lowest BCUT2D eigenvalue weighted by molar-refractivity contribution is 0.0696. The number of carboxylic acid groups (broad SMARTS) is 1. The fourth-order valence-electron chi connectivity index (χ4n) is 3.34. The standard InChI is InChI=1S/C18H24ClN5O2/c1-22(2)8-9-23-7-5-20-16(23)13-4-3-6-24(12-13)17-15(19)10-14(11-21-17)18(25)26/h5,7,10-11,13H,3-4,6,8-9,12H2,1-2H3,(H,25,26)/t13-/m1/s1. The topological polar surface area (TPSA) is 74.5 Å². The summed E-state index contributed by atoms with van der Waals surface area (Å²) in [5.74, 6) is 1.02. The first-order valence-corrected chi connectivity index (χ1v) is 9.13. The predicted octanol–water partition coefficient (Wildman–Crippen LogP) is 2.58. The van der Waals surface area contributed by atoms with Crippen LogP contribution in [0.2, 0.25) is 5.02 Å². The third-order valence-electron chi connectivity index (χ3n) is 4.69. The van der Waals surface area contributed by atoms with Gasteiger partial charge in [-0.3, -0.25) is 0 Å². The number of likely N-dealkylation sites (N-methyl/N-ethyl adjacent to an activating group) is 1. The number of hydrogen-bond acceptors (Lipinski definition) is 5. The number of nitrogens with zero attached hydrogens (tertiary/aromatic N) is 5. The number of anilines is 1. The minimum Gasteiger partial charge on any atom is -0.478 e. The van der Waals surface area contributed by atoms with Crippen molar-refractivity contribution in [2.24, 2.45) is 0 Å². The lowest BCUT2D eigenvalue weighted by Gasteiger charge is -2.34. The molecule has 3 heterocycles. The van der Waals surface area contributed by atoms with Gasteiger partial charge in [-0.1, -0.05) is 11.6 Å². The molecule has 8 heteroatoms. The molecule has 0 amide bonds. The Balaban J connectivity index is 1.76. The van der Waals surface area contributed by atoms with Gasteiger partial charge in [-0.25, -0.2) is 14.8 Å². The molecule has 2 aromatic heterocycles. The van der Waals surface area contributed by atoms with Crippen LogP contribution in [0.3, 0.4) is 0 Å². The van der Waals surface area contributed by atoms with Gasteiger partial charge in [0.1, 0.15) is 11.6 Å². The molecule has 0 bridgehead atoms. The highest BCUT2D eigenvalue weighted by Gasteiger charge is 2.27. The average Bonchev–Trinajstić information content (AvgIpc) is 3.08. The van der Waals surface area contributed by atoms with Gasteiger partial charge in [0.05, 0.1) is 10.6 Å². The normalized spacial score (nSPS) is 17.7. The second-order valence-electron chi connectivity index (χ2n) is 6.90. The van der Waals surface area contributed by atoms with E-state index >= 15 is 0 Å². The number of rotatable bonds is 6. The van der Waals surface area contributed by atoms with E-state index in [4.69, 9.17) is 16.7 Å². The van der Waals surface area contributed by atoms with E-state index in [2.05, 4.69) is 38.4 Å². The Morgan fingerprint density at radius 3 is 2.92 bits per heavy atom. The maximum atomic E-state index is 11.1. The smallest absolute Gasteiger partial charge is 0.337 e. The highest BCUT2D eigenvalue weighted by molar-refractivity contribution is 6.33. The molecule has 140 valence electrons. The molecule has 1 aliphatic heterocycles. The van der Waals surface area contributed by atoms with E-state index in [0.717, 1.165) is 44.8 Å². The third kappa shape index (κ3) is 4.16. The van der Waals surface area contributed by atoms with Crippen LogP contribution in [0.5, 0.6) is 0 Å². The van der Waals surface area contributed by atoms with Crippen LogP contribution in [-0.2, 0) is 6.54 Å². The van der Waals surface area contributed by atoms with Gasteiger partial charge in [0.15, 0.2) is 0 Å². The Morgan fingerprint density at radius 1 is 1.42 bits per heavy atom. The molecule has 3 rings (SSSR count). The van der Waals surface area contributed by atoms with E-state index in [9.17, 15) is 4.79 Å². The van der Waals surface area contributed by atoms with Crippen molar-refractivity contribution in [2.75, 3.05) is 38.6 Å². The fraction of sp³-hybridized carbons (Fsp3) is 0.500. The summed E-state index contributed by atoms with van der Waals surface area (Å²) < 4.78 is 2.22. The average molecular weight is 378 g/mol. The molecule has 1 aliphatic rings. The monoisotopic (exact) mass is 377 g/mol. The number of imidazole rings is 1. The fourth-order valence-corrected chi connectivity index (χ4v) is 3.62. The second kappa shape index (κ2) is 8.05. The molecule has 1 N–H and O–H groups in total. The molecule has 7 nitrogen and oxygen atoms in total. The number of hydrogen-bond donors (Lipinski definition) is 1. The first kappa shape index (κ1) is 18.7. The van der Waals surface area contributed by atoms with E-state index < -0.39 is 5.97 Å². The Hall–Kier alpha value is -2.12. The van der Waals surface area contributed by atoms with Crippen LogP contribution in [0.4, 0.5) is 5.82 Å². The number of carboxylic acids is 1. The first-order valence-electron chi connectivity index (χ1n) is 8.75. The highest BCUT2D eigenvalue weighted by Crippen LogP contribution is 2.32. The van der Waals surface area contributed by atoms with E-state index in [0.29, 0.717) is 16.8 Å². The predicted molar refractivity (Wildman–Crippen MR) is 101 cm³/mol. The van der Waals surface area contributed by atoms with Gasteiger partial charge in [0.2, 0.25) is 0 Å². The van der Waals surface area contributed by atoms with Gasteiger partial charge >= 0.3 is 5.97 Å². The van der Waals surface area contributed by atoms with Crippen LogP contribution in [0.1, 0.15) is 34.9 Å². The van der Waals surface area contributed by atoms with Crippen molar-refractivity contribution >= 4 is 23.4 Å². The summed E-state index contributed by atoms with van der Waals surface area (Å²) in [4.78, 5) is 24.3. The van der Waals surface area contributed by atoms with Gasteiger partial charge in [-0.05, 0) is 33.0 Å². The van der Waals surface area contributed by atoms with Crippen LogP contribution < -0.4 is 4.90 Å². The Bertz CT molecular complexity index is 777. The van der Waals surface area contributed by atoms with E-state index in [1.165, 1.54) is 12.3 Å². The lowest BCUT2D eigenvalue weighted by atomic mass is 9.97. The van der Waals surface area contributed by atoms with Crippen LogP contribution in [0.25, 0.3) is 0 Å². The quantitative estimate of drug-likeness (QED) is 0.834. The molecule has 2 aromatic rings. The van der Waals surface area contributed by atoms with Gasteiger partial charge in [-0.15, -0.1) is 0 Å². The Kier molecular flexibility index (Phi) is 5.78. The molecule has 0 unspecified atom stereocenters. The number of pyridine rings is 1. The van der Waals surface area contributed by atoms with Crippen LogP contribution in [-0.4, -0.2) is 64.2 Å². The maximum Gasteiger partial charge on any atom is 0.337 e. The number of piperidine rings is 1. The van der Waals surface area contributed by atoms with E-state index in [1.54, 1.807) is 0 Å². The molecule has 0 radical (unpaired) electrons. The lowest BCUT2D eigenvalue weighted by Crippen LogP contribution is -2.36. The van der Waals surface area contributed by atoms with Crippen molar-refractivity contribution in [2.45, 2.75) is 25.3 Å². The first-order chi connectivity index (χ1) is 12.5. The van der Waals surface area contributed by atoms with Gasteiger partial charge in [0, 0.05) is 50.7 Å². The molecular formula is C18H24ClN5O2. The van der Waals surface area contributed by atoms with E-state index in [-0.39, 0.29) is 5.56 Å².